The molecule has 132 valence electrons. The number of rotatable bonds is 4. The molecule has 0 aromatic carbocycles. The Morgan fingerprint density at radius 2 is 2.25 bits per heavy atom. The number of thiazole rings is 1. The predicted octanol–water partition coefficient (Wildman–Crippen LogP) is 1.82. The Hall–Kier alpha value is -0.630. The van der Waals surface area contributed by atoms with Crippen LogP contribution in [0.2, 0.25) is 0 Å². The quantitative estimate of drug-likeness (QED) is 0.880. The molecule has 1 amide bonds. The van der Waals surface area contributed by atoms with Gasteiger partial charge < -0.3 is 10.0 Å². The molecule has 2 atom stereocenters. The number of piperidine rings is 1. The molecule has 1 saturated carbocycles. The van der Waals surface area contributed by atoms with E-state index in [4.69, 9.17) is 0 Å². The fourth-order valence-corrected chi connectivity index (χ4v) is 6.22. The van der Waals surface area contributed by atoms with Gasteiger partial charge in [0.15, 0.2) is 5.60 Å². The number of carbonyl (C=O) groups is 1. The SMILES string of the molecule is CN(Cc1nccs1)[C@@H]1CC12CCN(C(=O)[C@]1(O)CCSC1)CC2. The van der Waals surface area contributed by atoms with E-state index in [9.17, 15) is 9.90 Å². The highest BCUT2D eigenvalue weighted by molar-refractivity contribution is 7.99. The van der Waals surface area contributed by atoms with Gasteiger partial charge in [-0.1, -0.05) is 0 Å². The van der Waals surface area contributed by atoms with E-state index in [1.807, 2.05) is 16.5 Å². The molecule has 1 N–H and O–H groups in total. The summed E-state index contributed by atoms with van der Waals surface area (Å²) in [7, 11) is 2.19. The summed E-state index contributed by atoms with van der Waals surface area (Å²) in [6.07, 6.45) is 5.84. The maximum absolute atomic E-state index is 12.6. The lowest BCUT2D eigenvalue weighted by Gasteiger charge is -2.37. The Morgan fingerprint density at radius 3 is 2.88 bits per heavy atom. The number of amides is 1. The van der Waals surface area contributed by atoms with Gasteiger partial charge in [-0.3, -0.25) is 9.69 Å². The highest BCUT2D eigenvalue weighted by Crippen LogP contribution is 2.56. The van der Waals surface area contributed by atoms with Crippen LogP contribution in [-0.4, -0.2) is 69.1 Å². The highest BCUT2D eigenvalue weighted by Gasteiger charge is 2.57. The van der Waals surface area contributed by atoms with Crippen LogP contribution < -0.4 is 0 Å². The molecule has 1 spiro atoms. The van der Waals surface area contributed by atoms with Crippen LogP contribution in [0.15, 0.2) is 11.6 Å². The monoisotopic (exact) mass is 367 g/mol. The topological polar surface area (TPSA) is 56.7 Å². The first-order valence-corrected chi connectivity index (χ1v) is 10.7. The van der Waals surface area contributed by atoms with E-state index < -0.39 is 5.60 Å². The van der Waals surface area contributed by atoms with E-state index in [2.05, 4.69) is 16.9 Å². The number of likely N-dealkylation sites (tertiary alicyclic amines) is 1. The maximum atomic E-state index is 12.6. The Morgan fingerprint density at radius 1 is 1.46 bits per heavy atom. The number of carbonyl (C=O) groups excluding carboxylic acids is 1. The van der Waals surface area contributed by atoms with Crippen LogP contribution in [0.1, 0.15) is 30.7 Å². The van der Waals surface area contributed by atoms with Crippen molar-refractivity contribution in [2.24, 2.45) is 5.41 Å². The first kappa shape index (κ1) is 16.8. The molecule has 7 heteroatoms. The first-order chi connectivity index (χ1) is 11.5. The largest absolute Gasteiger partial charge is 0.379 e. The predicted molar refractivity (Wildman–Crippen MR) is 97.1 cm³/mol. The fraction of sp³-hybridized carbons (Fsp3) is 0.765. The Kier molecular flexibility index (Phi) is 4.39. The van der Waals surface area contributed by atoms with Gasteiger partial charge in [0, 0.05) is 36.5 Å². The number of aliphatic hydroxyl groups is 1. The van der Waals surface area contributed by atoms with Gasteiger partial charge in [-0.05, 0) is 43.9 Å². The summed E-state index contributed by atoms with van der Waals surface area (Å²) in [6.45, 7) is 2.52. The van der Waals surface area contributed by atoms with E-state index in [1.54, 1.807) is 23.1 Å². The minimum Gasteiger partial charge on any atom is -0.379 e. The number of nitrogens with zero attached hydrogens (tertiary/aromatic N) is 3. The third kappa shape index (κ3) is 3.00. The number of hydrogen-bond donors (Lipinski definition) is 1. The molecule has 0 unspecified atom stereocenters. The third-order valence-electron chi connectivity index (χ3n) is 5.99. The van der Waals surface area contributed by atoms with Crippen molar-refractivity contribution in [1.82, 2.24) is 14.8 Å². The molecule has 1 aliphatic carbocycles. The van der Waals surface area contributed by atoms with Crippen molar-refractivity contribution in [3.8, 4) is 0 Å². The second kappa shape index (κ2) is 6.27. The zero-order valence-electron chi connectivity index (χ0n) is 14.1. The van der Waals surface area contributed by atoms with Crippen LogP contribution in [0.5, 0.6) is 0 Å². The fourth-order valence-electron chi connectivity index (χ4n) is 4.31. The van der Waals surface area contributed by atoms with Crippen molar-refractivity contribution in [2.45, 2.75) is 43.9 Å². The second-order valence-electron chi connectivity index (χ2n) is 7.55. The number of thioether (sulfide) groups is 1. The van der Waals surface area contributed by atoms with E-state index in [0.717, 1.165) is 38.2 Å². The molecular weight excluding hydrogens is 342 g/mol. The van der Waals surface area contributed by atoms with Crippen molar-refractivity contribution in [3.05, 3.63) is 16.6 Å². The normalized spacial score (nSPS) is 31.8. The van der Waals surface area contributed by atoms with Crippen molar-refractivity contribution < 1.29 is 9.90 Å². The minimum atomic E-state index is -1.10. The molecule has 0 radical (unpaired) electrons. The smallest absolute Gasteiger partial charge is 0.255 e. The number of hydrogen-bond acceptors (Lipinski definition) is 6. The molecular formula is C17H25N3O2S2. The van der Waals surface area contributed by atoms with Gasteiger partial charge >= 0.3 is 0 Å². The minimum absolute atomic E-state index is 0.0318. The lowest BCUT2D eigenvalue weighted by molar-refractivity contribution is -0.150. The van der Waals surface area contributed by atoms with Gasteiger partial charge in [-0.15, -0.1) is 11.3 Å². The molecule has 1 aromatic heterocycles. The summed E-state index contributed by atoms with van der Waals surface area (Å²) >= 11 is 3.40. The van der Waals surface area contributed by atoms with Crippen molar-refractivity contribution in [2.75, 3.05) is 31.6 Å². The molecule has 2 aliphatic heterocycles. The summed E-state index contributed by atoms with van der Waals surface area (Å²) in [5.41, 5.74) is -0.713. The first-order valence-electron chi connectivity index (χ1n) is 8.71. The van der Waals surface area contributed by atoms with Gasteiger partial charge in [0.1, 0.15) is 5.01 Å². The van der Waals surface area contributed by atoms with Gasteiger partial charge in [0.25, 0.3) is 5.91 Å². The summed E-state index contributed by atoms with van der Waals surface area (Å²) in [4.78, 5) is 21.3. The third-order valence-corrected chi connectivity index (χ3v) is 7.93. The number of aromatic nitrogens is 1. The van der Waals surface area contributed by atoms with Crippen molar-refractivity contribution in [3.63, 3.8) is 0 Å². The molecule has 0 bridgehead atoms. The lowest BCUT2D eigenvalue weighted by Crippen LogP contribution is -2.52. The second-order valence-corrected chi connectivity index (χ2v) is 9.63. The van der Waals surface area contributed by atoms with Gasteiger partial charge in [-0.25, -0.2) is 4.98 Å². The van der Waals surface area contributed by atoms with Crippen molar-refractivity contribution >= 4 is 29.0 Å². The van der Waals surface area contributed by atoms with Crippen LogP contribution >= 0.6 is 23.1 Å². The van der Waals surface area contributed by atoms with E-state index in [0.29, 0.717) is 23.6 Å². The summed E-state index contributed by atoms with van der Waals surface area (Å²) in [6, 6.07) is 0.615. The highest BCUT2D eigenvalue weighted by atomic mass is 32.2. The van der Waals surface area contributed by atoms with Crippen LogP contribution in [0, 0.1) is 5.41 Å². The van der Waals surface area contributed by atoms with Crippen LogP contribution in [0.25, 0.3) is 0 Å². The molecule has 3 aliphatic rings. The summed E-state index contributed by atoms with van der Waals surface area (Å²) in [5.74, 6) is 1.42. The van der Waals surface area contributed by atoms with Crippen molar-refractivity contribution in [1.29, 1.82) is 0 Å². The molecule has 3 heterocycles. The van der Waals surface area contributed by atoms with Crippen LogP contribution in [0.3, 0.4) is 0 Å². The zero-order valence-corrected chi connectivity index (χ0v) is 15.7. The molecule has 3 fully saturated rings. The van der Waals surface area contributed by atoms with Gasteiger partial charge in [-0.2, -0.15) is 11.8 Å². The molecule has 5 nitrogen and oxygen atoms in total. The molecule has 1 aromatic rings. The summed E-state index contributed by atoms with van der Waals surface area (Å²) < 4.78 is 0. The maximum Gasteiger partial charge on any atom is 0.255 e. The van der Waals surface area contributed by atoms with Gasteiger partial charge in [0.05, 0.1) is 6.54 Å². The average Bonchev–Trinajstić information content (AvgIpc) is 2.96. The van der Waals surface area contributed by atoms with E-state index in [-0.39, 0.29) is 5.91 Å². The summed E-state index contributed by atoms with van der Waals surface area (Å²) in [5, 5.41) is 13.7. The van der Waals surface area contributed by atoms with E-state index in [1.165, 1.54) is 11.4 Å². The Balaban J connectivity index is 1.31. The standard InChI is InChI=1S/C17H25N3O2S2/c1-19(11-14-18-5-9-24-14)13-10-16(13)2-6-20(7-3-16)15(21)17(22)4-8-23-12-17/h5,9,13,22H,2-4,6-8,10-12H2,1H3/t13-,17+/m1/s1. The zero-order chi connectivity index (χ0) is 16.8. The van der Waals surface area contributed by atoms with E-state index >= 15 is 0 Å². The lowest BCUT2D eigenvalue weighted by atomic mass is 9.90. The average molecular weight is 368 g/mol. The molecule has 24 heavy (non-hydrogen) atoms. The van der Waals surface area contributed by atoms with Crippen LogP contribution in [-0.2, 0) is 11.3 Å². The van der Waals surface area contributed by atoms with Crippen LogP contribution in [0.4, 0.5) is 0 Å². The molecule has 2 saturated heterocycles. The Labute approximate surface area is 151 Å². The Bertz CT molecular complexity index is 593. The van der Waals surface area contributed by atoms with Gasteiger partial charge in [0.2, 0.25) is 0 Å². The molecule has 4 rings (SSSR count).